The number of rotatable bonds is 7. The van der Waals surface area contributed by atoms with E-state index in [4.69, 9.17) is 9.84 Å². The zero-order chi connectivity index (χ0) is 17.5. The molecule has 0 aliphatic rings. The van der Waals surface area contributed by atoms with Gasteiger partial charge >= 0.3 is 5.97 Å². The van der Waals surface area contributed by atoms with Crippen LogP contribution in [0.1, 0.15) is 36.3 Å². The second-order valence-electron chi connectivity index (χ2n) is 5.55. The zero-order valence-corrected chi connectivity index (χ0v) is 13.7. The van der Waals surface area contributed by atoms with E-state index in [1.54, 1.807) is 12.3 Å². The van der Waals surface area contributed by atoms with Crippen LogP contribution in [0.5, 0.6) is 5.75 Å². The summed E-state index contributed by atoms with van der Waals surface area (Å²) in [6.07, 6.45) is 2.34. The van der Waals surface area contributed by atoms with Crippen LogP contribution in [0.4, 0.5) is 5.69 Å². The first-order valence-corrected chi connectivity index (χ1v) is 7.69. The number of carbonyl (C=O) groups is 2. The monoisotopic (exact) mass is 328 g/mol. The second kappa shape index (κ2) is 8.10. The molecule has 6 heteroatoms. The highest BCUT2D eigenvalue weighted by molar-refractivity contribution is 5.95. The Morgan fingerprint density at radius 2 is 2.04 bits per heavy atom. The van der Waals surface area contributed by atoms with Crippen LogP contribution in [0.15, 0.2) is 42.6 Å². The molecule has 2 rings (SSSR count). The topological polar surface area (TPSA) is 88.5 Å². The van der Waals surface area contributed by atoms with E-state index in [0.29, 0.717) is 17.9 Å². The van der Waals surface area contributed by atoms with E-state index in [1.807, 2.05) is 32.0 Å². The fourth-order valence-corrected chi connectivity index (χ4v) is 2.12. The van der Waals surface area contributed by atoms with E-state index < -0.39 is 5.97 Å². The van der Waals surface area contributed by atoms with E-state index in [-0.39, 0.29) is 24.0 Å². The van der Waals surface area contributed by atoms with Crippen molar-refractivity contribution in [2.75, 3.05) is 5.32 Å². The number of benzene rings is 1. The van der Waals surface area contributed by atoms with Crippen molar-refractivity contribution in [2.24, 2.45) is 0 Å². The number of aryl methyl sites for hydroxylation is 1. The van der Waals surface area contributed by atoms with Gasteiger partial charge < -0.3 is 15.2 Å². The van der Waals surface area contributed by atoms with Gasteiger partial charge in [-0.25, -0.2) is 4.79 Å². The molecule has 0 saturated heterocycles. The molecule has 6 nitrogen and oxygen atoms in total. The summed E-state index contributed by atoms with van der Waals surface area (Å²) in [5.74, 6) is -0.840. The number of carbonyl (C=O) groups excluding carboxylic acids is 1. The fourth-order valence-electron chi connectivity index (χ4n) is 2.12. The minimum Gasteiger partial charge on any atom is -0.489 e. The lowest BCUT2D eigenvalue weighted by atomic mass is 10.1. The number of nitrogens with zero attached hydrogens (tertiary/aromatic N) is 1. The molecule has 0 unspecified atom stereocenters. The smallest absolute Gasteiger partial charge is 0.335 e. The minimum atomic E-state index is -1.06. The summed E-state index contributed by atoms with van der Waals surface area (Å²) in [5, 5.41) is 11.8. The first kappa shape index (κ1) is 17.5. The molecule has 0 spiro atoms. The molecule has 1 aromatic heterocycles. The highest BCUT2D eigenvalue weighted by atomic mass is 16.5. The number of carboxylic acids is 1. The van der Waals surface area contributed by atoms with Crippen LogP contribution in [-0.4, -0.2) is 28.1 Å². The van der Waals surface area contributed by atoms with Gasteiger partial charge in [-0.15, -0.1) is 0 Å². The molecule has 1 amide bonds. The number of ether oxygens (including phenoxy) is 1. The number of anilines is 1. The Morgan fingerprint density at radius 3 is 2.67 bits per heavy atom. The van der Waals surface area contributed by atoms with Gasteiger partial charge in [-0.2, -0.15) is 0 Å². The van der Waals surface area contributed by atoms with Crippen LogP contribution in [0.25, 0.3) is 0 Å². The van der Waals surface area contributed by atoms with Crippen LogP contribution >= 0.6 is 0 Å². The van der Waals surface area contributed by atoms with Crippen LogP contribution in [0, 0.1) is 0 Å². The van der Waals surface area contributed by atoms with Crippen molar-refractivity contribution in [3.8, 4) is 5.75 Å². The fraction of sp³-hybridized carbons (Fsp3) is 0.278. The number of hydrogen-bond acceptors (Lipinski definition) is 4. The summed E-state index contributed by atoms with van der Waals surface area (Å²) in [6, 6.07) is 9.94. The Hall–Kier alpha value is -2.89. The third kappa shape index (κ3) is 5.08. The van der Waals surface area contributed by atoms with Gasteiger partial charge in [0.15, 0.2) is 0 Å². The normalized spacial score (nSPS) is 10.5. The van der Waals surface area contributed by atoms with Crippen LogP contribution < -0.4 is 10.1 Å². The Balaban J connectivity index is 2.09. The average molecular weight is 328 g/mol. The van der Waals surface area contributed by atoms with Gasteiger partial charge in [-0.3, -0.25) is 9.78 Å². The highest BCUT2D eigenvalue weighted by Crippen LogP contribution is 2.27. The maximum atomic E-state index is 12.2. The van der Waals surface area contributed by atoms with Gasteiger partial charge in [0.1, 0.15) is 5.75 Å². The first-order chi connectivity index (χ1) is 11.5. The molecule has 24 heavy (non-hydrogen) atoms. The molecule has 126 valence electrons. The minimum absolute atomic E-state index is 0.0890. The largest absolute Gasteiger partial charge is 0.489 e. The lowest BCUT2D eigenvalue weighted by molar-refractivity contribution is -0.116. The molecule has 2 N–H and O–H groups in total. The van der Waals surface area contributed by atoms with Crippen molar-refractivity contribution in [1.29, 1.82) is 0 Å². The lowest BCUT2D eigenvalue weighted by Gasteiger charge is -2.15. The van der Waals surface area contributed by atoms with Crippen molar-refractivity contribution < 1.29 is 19.4 Å². The molecule has 0 fully saturated rings. The number of carboxylic acid groups (broad SMARTS) is 1. The van der Waals surface area contributed by atoms with Gasteiger partial charge in [0.05, 0.1) is 17.4 Å². The molecule has 0 bridgehead atoms. The maximum absolute atomic E-state index is 12.2. The third-order valence-electron chi connectivity index (χ3n) is 3.20. The molecule has 0 radical (unpaired) electrons. The molecular formula is C18H20N2O4. The number of hydrogen-bond donors (Lipinski definition) is 2. The van der Waals surface area contributed by atoms with Gasteiger partial charge in [-0.1, -0.05) is 6.07 Å². The maximum Gasteiger partial charge on any atom is 0.335 e. The average Bonchev–Trinajstić information content (AvgIpc) is 2.55. The molecule has 0 saturated carbocycles. The van der Waals surface area contributed by atoms with E-state index in [2.05, 4.69) is 10.3 Å². The van der Waals surface area contributed by atoms with E-state index in [0.717, 1.165) is 5.69 Å². The highest BCUT2D eigenvalue weighted by Gasteiger charge is 2.13. The predicted molar refractivity (Wildman–Crippen MR) is 90.4 cm³/mol. The Bertz CT molecular complexity index is 714. The summed E-state index contributed by atoms with van der Waals surface area (Å²) >= 11 is 0. The lowest BCUT2D eigenvalue weighted by Crippen LogP contribution is -2.15. The molecular weight excluding hydrogens is 308 g/mol. The van der Waals surface area contributed by atoms with E-state index >= 15 is 0 Å². The van der Waals surface area contributed by atoms with Crippen LogP contribution in [0.2, 0.25) is 0 Å². The van der Waals surface area contributed by atoms with Crippen molar-refractivity contribution in [3.05, 3.63) is 53.9 Å². The number of aromatic carboxylic acids is 1. The third-order valence-corrected chi connectivity index (χ3v) is 3.20. The molecule has 0 atom stereocenters. The SMILES string of the molecule is CC(C)Oc1ccc(C(=O)O)cc1NC(=O)CCc1ccccn1. The predicted octanol–water partition coefficient (Wildman–Crippen LogP) is 3.14. The molecule has 1 aromatic carbocycles. The number of aromatic nitrogens is 1. The molecule has 2 aromatic rings. The summed E-state index contributed by atoms with van der Waals surface area (Å²) in [4.78, 5) is 27.5. The van der Waals surface area contributed by atoms with E-state index in [1.165, 1.54) is 12.1 Å². The van der Waals surface area contributed by atoms with Crippen LogP contribution in [-0.2, 0) is 11.2 Å². The molecule has 0 aliphatic heterocycles. The summed E-state index contributed by atoms with van der Waals surface area (Å²) in [7, 11) is 0. The second-order valence-corrected chi connectivity index (χ2v) is 5.55. The van der Waals surface area contributed by atoms with Gasteiger partial charge in [0, 0.05) is 18.3 Å². The van der Waals surface area contributed by atoms with Crippen molar-refractivity contribution in [3.63, 3.8) is 0 Å². The summed E-state index contributed by atoms with van der Waals surface area (Å²) in [6.45, 7) is 3.72. The quantitative estimate of drug-likeness (QED) is 0.815. The Labute approximate surface area is 140 Å². The number of amides is 1. The van der Waals surface area contributed by atoms with E-state index in [9.17, 15) is 9.59 Å². The molecule has 1 heterocycles. The van der Waals surface area contributed by atoms with Crippen molar-refractivity contribution in [2.45, 2.75) is 32.8 Å². The Morgan fingerprint density at radius 1 is 1.25 bits per heavy atom. The van der Waals surface area contributed by atoms with Gasteiger partial charge in [0.2, 0.25) is 5.91 Å². The Kier molecular flexibility index (Phi) is 5.89. The standard InChI is InChI=1S/C18H20N2O4/c1-12(2)24-16-8-6-13(18(22)23)11-15(16)20-17(21)9-7-14-5-3-4-10-19-14/h3-6,8,10-12H,7,9H2,1-2H3,(H,20,21)(H,22,23). The number of pyridine rings is 1. The molecule has 0 aliphatic carbocycles. The summed E-state index contributed by atoms with van der Waals surface area (Å²) < 4.78 is 5.62. The van der Waals surface area contributed by atoms with Crippen molar-refractivity contribution >= 4 is 17.6 Å². The van der Waals surface area contributed by atoms with Crippen molar-refractivity contribution in [1.82, 2.24) is 4.98 Å². The van der Waals surface area contributed by atoms with Gasteiger partial charge in [0.25, 0.3) is 0 Å². The zero-order valence-electron chi connectivity index (χ0n) is 13.7. The summed E-state index contributed by atoms with van der Waals surface area (Å²) in [5.41, 5.74) is 1.27. The van der Waals surface area contributed by atoms with Gasteiger partial charge in [-0.05, 0) is 50.6 Å². The number of nitrogens with one attached hydrogen (secondary N) is 1. The van der Waals surface area contributed by atoms with Crippen LogP contribution in [0.3, 0.4) is 0 Å². The first-order valence-electron chi connectivity index (χ1n) is 7.69.